The van der Waals surface area contributed by atoms with Crippen LogP contribution >= 0.6 is 0 Å². The summed E-state index contributed by atoms with van der Waals surface area (Å²) in [5.41, 5.74) is 1.03. The predicted molar refractivity (Wildman–Crippen MR) is 62.5 cm³/mol. The molecule has 2 aromatic rings. The van der Waals surface area contributed by atoms with Crippen LogP contribution in [0.2, 0.25) is 0 Å². The fourth-order valence-corrected chi connectivity index (χ4v) is 2.09. The topological polar surface area (TPSA) is 65.7 Å². The fraction of sp³-hybridized carbons (Fsp3) is 0.417. The van der Waals surface area contributed by atoms with Gasteiger partial charge in [0, 0.05) is 12.5 Å². The van der Waals surface area contributed by atoms with Crippen LogP contribution in [0.4, 0.5) is 0 Å². The molecule has 0 bridgehead atoms. The van der Waals surface area contributed by atoms with Crippen molar-refractivity contribution in [2.75, 3.05) is 20.3 Å². The van der Waals surface area contributed by atoms with Gasteiger partial charge in [0.1, 0.15) is 0 Å². The zero-order valence-corrected chi connectivity index (χ0v) is 10.00. The van der Waals surface area contributed by atoms with Crippen LogP contribution in [0.5, 0.6) is 0 Å². The van der Waals surface area contributed by atoms with Gasteiger partial charge in [0.05, 0.1) is 13.7 Å². The Morgan fingerprint density at radius 2 is 2.44 bits per heavy atom. The number of nitrogens with zero attached hydrogens (tertiary/aromatic N) is 3. The Hall–Kier alpha value is -1.95. The van der Waals surface area contributed by atoms with Crippen LogP contribution in [0, 0.1) is 0 Å². The first-order valence-corrected chi connectivity index (χ1v) is 5.81. The van der Waals surface area contributed by atoms with Crippen LogP contribution < -0.4 is 0 Å². The lowest BCUT2D eigenvalue weighted by Gasteiger charge is -2.01. The summed E-state index contributed by atoms with van der Waals surface area (Å²) in [6, 6.07) is 5.26. The maximum Gasteiger partial charge on any atom is 0.356 e. The number of ether oxygens (including phenoxy) is 2. The SMILES string of the molecule is COC(=O)c1cccc2nc(C3CCOC3)nn12. The van der Waals surface area contributed by atoms with Crippen molar-refractivity contribution in [1.29, 1.82) is 0 Å². The highest BCUT2D eigenvalue weighted by molar-refractivity contribution is 5.88. The van der Waals surface area contributed by atoms with E-state index in [1.165, 1.54) is 11.6 Å². The molecule has 0 N–H and O–H groups in total. The molecule has 1 saturated heterocycles. The van der Waals surface area contributed by atoms with Crippen molar-refractivity contribution in [2.45, 2.75) is 12.3 Å². The van der Waals surface area contributed by atoms with Crippen molar-refractivity contribution in [3.8, 4) is 0 Å². The lowest BCUT2D eigenvalue weighted by molar-refractivity contribution is 0.0591. The molecule has 0 spiro atoms. The molecule has 3 heterocycles. The number of methoxy groups -OCH3 is 1. The van der Waals surface area contributed by atoms with Crippen LogP contribution in [0.15, 0.2) is 18.2 Å². The Balaban J connectivity index is 2.08. The molecule has 2 aromatic heterocycles. The lowest BCUT2D eigenvalue weighted by atomic mass is 10.1. The molecular weight excluding hydrogens is 234 g/mol. The average molecular weight is 247 g/mol. The summed E-state index contributed by atoms with van der Waals surface area (Å²) in [6.45, 7) is 1.38. The molecule has 6 nitrogen and oxygen atoms in total. The summed E-state index contributed by atoms with van der Waals surface area (Å²) in [5, 5.41) is 4.39. The summed E-state index contributed by atoms with van der Waals surface area (Å²) < 4.78 is 11.6. The predicted octanol–water partition coefficient (Wildman–Crippen LogP) is 1.02. The molecule has 3 rings (SSSR count). The number of fused-ring (bicyclic) bond motifs is 1. The van der Waals surface area contributed by atoms with Crippen molar-refractivity contribution in [2.24, 2.45) is 0 Å². The minimum absolute atomic E-state index is 0.218. The van der Waals surface area contributed by atoms with Crippen molar-refractivity contribution < 1.29 is 14.3 Å². The Morgan fingerprint density at radius 3 is 3.17 bits per heavy atom. The highest BCUT2D eigenvalue weighted by atomic mass is 16.5. The number of esters is 1. The minimum atomic E-state index is -0.417. The molecule has 0 amide bonds. The molecule has 94 valence electrons. The van der Waals surface area contributed by atoms with E-state index in [1.807, 2.05) is 6.07 Å². The number of hydrogen-bond acceptors (Lipinski definition) is 5. The van der Waals surface area contributed by atoms with Gasteiger partial charge in [-0.15, -0.1) is 0 Å². The summed E-state index contributed by atoms with van der Waals surface area (Å²) in [6.07, 6.45) is 0.921. The first kappa shape index (κ1) is 11.2. The van der Waals surface area contributed by atoms with E-state index in [0.717, 1.165) is 18.9 Å². The van der Waals surface area contributed by atoms with E-state index in [4.69, 9.17) is 9.47 Å². The van der Waals surface area contributed by atoms with Crippen LogP contribution in [0.1, 0.15) is 28.7 Å². The van der Waals surface area contributed by atoms with Gasteiger partial charge in [0.15, 0.2) is 17.2 Å². The summed E-state index contributed by atoms with van der Waals surface area (Å²) >= 11 is 0. The van der Waals surface area contributed by atoms with Crippen LogP contribution in [0.3, 0.4) is 0 Å². The summed E-state index contributed by atoms with van der Waals surface area (Å²) in [5.74, 6) is 0.527. The smallest absolute Gasteiger partial charge is 0.356 e. The van der Waals surface area contributed by atoms with E-state index >= 15 is 0 Å². The van der Waals surface area contributed by atoms with Crippen molar-refractivity contribution in [3.05, 3.63) is 29.7 Å². The molecular formula is C12H13N3O3. The molecule has 1 fully saturated rings. The van der Waals surface area contributed by atoms with E-state index < -0.39 is 5.97 Å². The molecule has 18 heavy (non-hydrogen) atoms. The van der Waals surface area contributed by atoms with E-state index in [9.17, 15) is 4.79 Å². The monoisotopic (exact) mass is 247 g/mol. The van der Waals surface area contributed by atoms with E-state index in [0.29, 0.717) is 17.9 Å². The van der Waals surface area contributed by atoms with Gasteiger partial charge in [0.25, 0.3) is 0 Å². The third-order valence-electron chi connectivity index (χ3n) is 3.07. The molecule has 1 aliphatic rings. The molecule has 1 unspecified atom stereocenters. The van der Waals surface area contributed by atoms with Gasteiger partial charge in [-0.2, -0.15) is 5.10 Å². The van der Waals surface area contributed by atoms with Gasteiger partial charge in [-0.3, -0.25) is 0 Å². The quantitative estimate of drug-likeness (QED) is 0.741. The van der Waals surface area contributed by atoms with Gasteiger partial charge >= 0.3 is 5.97 Å². The number of carbonyl (C=O) groups is 1. The first-order chi connectivity index (χ1) is 8.79. The zero-order chi connectivity index (χ0) is 12.5. The number of carbonyl (C=O) groups excluding carboxylic acids is 1. The van der Waals surface area contributed by atoms with Crippen LogP contribution in [-0.4, -0.2) is 40.9 Å². The Bertz CT molecular complexity index is 587. The summed E-state index contributed by atoms with van der Waals surface area (Å²) in [4.78, 5) is 16.1. The van der Waals surface area contributed by atoms with Crippen molar-refractivity contribution in [1.82, 2.24) is 14.6 Å². The highest BCUT2D eigenvalue weighted by Gasteiger charge is 2.23. The van der Waals surface area contributed by atoms with E-state index in [1.54, 1.807) is 12.1 Å². The second-order valence-electron chi connectivity index (χ2n) is 4.20. The maximum atomic E-state index is 11.6. The van der Waals surface area contributed by atoms with Gasteiger partial charge < -0.3 is 9.47 Å². The van der Waals surface area contributed by atoms with E-state index in [2.05, 4.69) is 10.1 Å². The Morgan fingerprint density at radius 1 is 1.56 bits per heavy atom. The molecule has 0 aliphatic carbocycles. The van der Waals surface area contributed by atoms with Gasteiger partial charge in [-0.25, -0.2) is 14.3 Å². The second-order valence-corrected chi connectivity index (χ2v) is 4.20. The normalized spacial score (nSPS) is 19.3. The third kappa shape index (κ3) is 1.74. The molecule has 0 aromatic carbocycles. The maximum absolute atomic E-state index is 11.6. The Kier molecular flexibility index (Phi) is 2.71. The molecule has 1 atom stereocenters. The average Bonchev–Trinajstić information content (AvgIpc) is 3.04. The van der Waals surface area contributed by atoms with Crippen molar-refractivity contribution in [3.63, 3.8) is 0 Å². The molecule has 0 radical (unpaired) electrons. The summed E-state index contributed by atoms with van der Waals surface area (Å²) in [7, 11) is 1.35. The first-order valence-electron chi connectivity index (χ1n) is 5.81. The highest BCUT2D eigenvalue weighted by Crippen LogP contribution is 2.23. The van der Waals surface area contributed by atoms with Crippen molar-refractivity contribution >= 4 is 11.6 Å². The number of rotatable bonds is 2. The van der Waals surface area contributed by atoms with E-state index in [-0.39, 0.29) is 5.92 Å². The van der Waals surface area contributed by atoms with Gasteiger partial charge in [-0.05, 0) is 18.6 Å². The van der Waals surface area contributed by atoms with Gasteiger partial charge in [0.2, 0.25) is 0 Å². The number of pyridine rings is 1. The molecule has 0 saturated carbocycles. The molecule has 1 aliphatic heterocycles. The second kappa shape index (κ2) is 4.38. The van der Waals surface area contributed by atoms with Crippen LogP contribution in [0.25, 0.3) is 5.65 Å². The Labute approximate surface area is 104 Å². The van der Waals surface area contributed by atoms with Crippen LogP contribution in [-0.2, 0) is 9.47 Å². The number of hydrogen-bond donors (Lipinski definition) is 0. The largest absolute Gasteiger partial charge is 0.464 e. The molecule has 6 heteroatoms. The minimum Gasteiger partial charge on any atom is -0.464 e. The third-order valence-corrected chi connectivity index (χ3v) is 3.07. The van der Waals surface area contributed by atoms with Gasteiger partial charge in [-0.1, -0.05) is 6.07 Å². The zero-order valence-electron chi connectivity index (χ0n) is 10.00. The standard InChI is InChI=1S/C12H13N3O3/c1-17-12(16)9-3-2-4-10-13-11(14-15(9)10)8-5-6-18-7-8/h2-4,8H,5-7H2,1H3. The number of aromatic nitrogens is 3. The lowest BCUT2D eigenvalue weighted by Crippen LogP contribution is -2.09. The fourth-order valence-electron chi connectivity index (χ4n) is 2.09.